The van der Waals surface area contributed by atoms with Gasteiger partial charge in [0, 0.05) is 17.7 Å². The quantitative estimate of drug-likeness (QED) is 0.743. The van der Waals surface area contributed by atoms with Crippen molar-refractivity contribution in [3.63, 3.8) is 0 Å². The first-order valence-corrected chi connectivity index (χ1v) is 6.11. The smallest absolute Gasteiger partial charge is 0.248 e. The monoisotopic (exact) mass is 224 g/mol. The van der Waals surface area contributed by atoms with Crippen LogP contribution >= 0.6 is 0 Å². The van der Waals surface area contributed by atoms with E-state index in [0.29, 0.717) is 12.1 Å². The number of amides is 1. The summed E-state index contributed by atoms with van der Waals surface area (Å²) in [5.41, 5.74) is 0.499. The Bertz CT molecular complexity index is 260. The number of nitrogens with zero attached hydrogens (tertiary/aromatic N) is 1. The number of likely N-dealkylation sites (tertiary alicyclic amines) is 1. The minimum absolute atomic E-state index is 0.0157. The van der Waals surface area contributed by atoms with Crippen molar-refractivity contribution in [1.82, 2.24) is 10.2 Å². The van der Waals surface area contributed by atoms with Gasteiger partial charge in [0.1, 0.15) is 0 Å². The van der Waals surface area contributed by atoms with Crippen molar-refractivity contribution >= 4 is 5.91 Å². The van der Waals surface area contributed by atoms with Gasteiger partial charge < -0.3 is 5.32 Å². The van der Waals surface area contributed by atoms with Crippen LogP contribution < -0.4 is 5.32 Å². The molecule has 0 aliphatic carbocycles. The lowest BCUT2D eigenvalue weighted by Crippen LogP contribution is -2.43. The molecule has 0 spiro atoms. The second kappa shape index (κ2) is 5.48. The van der Waals surface area contributed by atoms with Crippen molar-refractivity contribution in [2.45, 2.75) is 45.6 Å². The second-order valence-corrected chi connectivity index (χ2v) is 5.64. The second-order valence-electron chi connectivity index (χ2n) is 5.64. The molecular weight excluding hydrogens is 200 g/mol. The maximum atomic E-state index is 11.8. The molecule has 3 heteroatoms. The fourth-order valence-corrected chi connectivity index (χ4v) is 1.89. The zero-order valence-electron chi connectivity index (χ0n) is 10.8. The fourth-order valence-electron chi connectivity index (χ4n) is 1.89. The van der Waals surface area contributed by atoms with Crippen molar-refractivity contribution in [3.05, 3.63) is 12.2 Å². The summed E-state index contributed by atoms with van der Waals surface area (Å²) in [4.78, 5) is 14.1. The van der Waals surface area contributed by atoms with Crippen LogP contribution in [-0.2, 0) is 4.79 Å². The Morgan fingerprint density at radius 3 is 2.31 bits per heavy atom. The van der Waals surface area contributed by atoms with Gasteiger partial charge in [0.15, 0.2) is 0 Å². The topological polar surface area (TPSA) is 32.3 Å². The molecular formula is C13H24N2O. The highest BCUT2D eigenvalue weighted by atomic mass is 16.1. The number of carbonyl (C=O) groups is 1. The zero-order valence-corrected chi connectivity index (χ0v) is 10.8. The van der Waals surface area contributed by atoms with Gasteiger partial charge in [-0.25, -0.2) is 0 Å². The number of nitrogens with one attached hydrogen (secondary N) is 1. The zero-order chi connectivity index (χ0) is 12.2. The van der Waals surface area contributed by atoms with E-state index in [2.05, 4.69) is 16.8 Å². The summed E-state index contributed by atoms with van der Waals surface area (Å²) in [5, 5.41) is 2.94. The maximum absolute atomic E-state index is 11.8. The van der Waals surface area contributed by atoms with Gasteiger partial charge in [-0.1, -0.05) is 13.0 Å². The molecule has 1 amide bonds. The first kappa shape index (κ1) is 13.2. The van der Waals surface area contributed by atoms with Gasteiger partial charge in [-0.2, -0.15) is 0 Å². The molecule has 0 saturated carbocycles. The molecule has 0 atom stereocenters. The number of hydrogen-bond acceptors (Lipinski definition) is 2. The Labute approximate surface area is 98.9 Å². The summed E-state index contributed by atoms with van der Waals surface area (Å²) in [6.45, 7) is 12.7. The van der Waals surface area contributed by atoms with Gasteiger partial charge in [-0.05, 0) is 46.7 Å². The van der Waals surface area contributed by atoms with E-state index in [0.717, 1.165) is 13.1 Å². The van der Waals surface area contributed by atoms with Crippen molar-refractivity contribution in [3.8, 4) is 0 Å². The largest absolute Gasteiger partial charge is 0.348 e. The van der Waals surface area contributed by atoms with Gasteiger partial charge in [-0.15, -0.1) is 0 Å². The molecule has 0 unspecified atom stereocenters. The molecule has 1 rings (SSSR count). The van der Waals surface area contributed by atoms with Gasteiger partial charge in [0.25, 0.3) is 0 Å². The van der Waals surface area contributed by atoms with E-state index in [1.54, 1.807) is 0 Å². The van der Waals surface area contributed by atoms with Crippen molar-refractivity contribution < 1.29 is 4.79 Å². The van der Waals surface area contributed by atoms with E-state index in [-0.39, 0.29) is 11.4 Å². The Balaban J connectivity index is 2.36. The number of piperidine rings is 1. The third kappa shape index (κ3) is 4.79. The van der Waals surface area contributed by atoms with E-state index < -0.39 is 0 Å². The molecule has 1 aliphatic heterocycles. The fraction of sp³-hybridized carbons (Fsp3) is 0.769. The number of rotatable bonds is 3. The highest BCUT2D eigenvalue weighted by molar-refractivity contribution is 5.93. The Hall–Kier alpha value is -0.830. The number of carbonyl (C=O) groups excluding carboxylic acids is 1. The van der Waals surface area contributed by atoms with Gasteiger partial charge >= 0.3 is 0 Å². The third-order valence-corrected chi connectivity index (χ3v) is 2.67. The highest BCUT2D eigenvalue weighted by Gasteiger charge is 2.18. The third-order valence-electron chi connectivity index (χ3n) is 2.67. The predicted octanol–water partition coefficient (Wildman–Crippen LogP) is 1.94. The van der Waals surface area contributed by atoms with Gasteiger partial charge in [0.2, 0.25) is 5.91 Å². The summed E-state index contributed by atoms with van der Waals surface area (Å²) in [6.07, 6.45) is 3.81. The van der Waals surface area contributed by atoms with Crippen LogP contribution in [0.5, 0.6) is 0 Å². The molecule has 0 bridgehead atoms. The molecule has 1 heterocycles. The number of hydrogen-bond donors (Lipinski definition) is 1. The van der Waals surface area contributed by atoms with Crippen LogP contribution in [0.2, 0.25) is 0 Å². The van der Waals surface area contributed by atoms with Crippen molar-refractivity contribution in [1.29, 1.82) is 0 Å². The lowest BCUT2D eigenvalue weighted by atomic mass is 10.1. The highest BCUT2D eigenvalue weighted by Crippen LogP contribution is 2.10. The molecule has 92 valence electrons. The standard InChI is InChI=1S/C13H24N2O/c1-11(12(16)14-13(2,3)4)10-15-8-6-5-7-9-15/h1,5-10H2,2-4H3,(H,14,16). The molecule has 1 aliphatic rings. The first-order chi connectivity index (χ1) is 7.38. The van der Waals surface area contributed by atoms with Crippen LogP contribution in [0.15, 0.2) is 12.2 Å². The van der Waals surface area contributed by atoms with Crippen LogP contribution in [0.4, 0.5) is 0 Å². The molecule has 1 fully saturated rings. The lowest BCUT2D eigenvalue weighted by Gasteiger charge is -2.28. The summed E-state index contributed by atoms with van der Waals surface area (Å²) in [6, 6.07) is 0. The van der Waals surface area contributed by atoms with Crippen molar-refractivity contribution in [2.75, 3.05) is 19.6 Å². The normalized spacial score (nSPS) is 18.2. The summed E-state index contributed by atoms with van der Waals surface area (Å²) in [5.74, 6) is -0.0157. The predicted molar refractivity (Wildman–Crippen MR) is 67.3 cm³/mol. The van der Waals surface area contributed by atoms with Crippen LogP contribution in [0.1, 0.15) is 40.0 Å². The van der Waals surface area contributed by atoms with E-state index in [1.807, 2.05) is 20.8 Å². The molecule has 1 saturated heterocycles. The Morgan fingerprint density at radius 2 is 1.81 bits per heavy atom. The van der Waals surface area contributed by atoms with Gasteiger partial charge in [-0.3, -0.25) is 9.69 Å². The molecule has 0 aromatic heterocycles. The average Bonchev–Trinajstić information content (AvgIpc) is 2.16. The van der Waals surface area contributed by atoms with Crippen molar-refractivity contribution in [2.24, 2.45) is 0 Å². The molecule has 0 aromatic carbocycles. The SMILES string of the molecule is C=C(CN1CCCCC1)C(=O)NC(C)(C)C. The van der Waals surface area contributed by atoms with Crippen LogP contribution in [0.3, 0.4) is 0 Å². The lowest BCUT2D eigenvalue weighted by molar-refractivity contribution is -0.119. The molecule has 0 aromatic rings. The minimum Gasteiger partial charge on any atom is -0.348 e. The van der Waals surface area contributed by atoms with E-state index in [1.165, 1.54) is 19.3 Å². The molecule has 0 radical (unpaired) electrons. The van der Waals surface area contributed by atoms with E-state index >= 15 is 0 Å². The van der Waals surface area contributed by atoms with E-state index in [9.17, 15) is 4.79 Å². The molecule has 1 N–H and O–H groups in total. The molecule has 16 heavy (non-hydrogen) atoms. The van der Waals surface area contributed by atoms with E-state index in [4.69, 9.17) is 0 Å². The van der Waals surface area contributed by atoms with Crippen LogP contribution in [0.25, 0.3) is 0 Å². The minimum atomic E-state index is -0.179. The first-order valence-electron chi connectivity index (χ1n) is 6.11. The average molecular weight is 224 g/mol. The summed E-state index contributed by atoms with van der Waals surface area (Å²) in [7, 11) is 0. The van der Waals surface area contributed by atoms with Crippen LogP contribution in [-0.4, -0.2) is 36.0 Å². The Kier molecular flexibility index (Phi) is 4.54. The summed E-state index contributed by atoms with van der Waals surface area (Å²) < 4.78 is 0. The maximum Gasteiger partial charge on any atom is 0.248 e. The Morgan fingerprint density at radius 1 is 1.25 bits per heavy atom. The molecule has 3 nitrogen and oxygen atoms in total. The summed E-state index contributed by atoms with van der Waals surface area (Å²) >= 11 is 0. The van der Waals surface area contributed by atoms with Crippen LogP contribution in [0, 0.1) is 0 Å². The van der Waals surface area contributed by atoms with Gasteiger partial charge in [0.05, 0.1) is 0 Å².